The third-order valence-electron chi connectivity index (χ3n) is 4.97. The highest BCUT2D eigenvalue weighted by atomic mass is 19.1. The molecule has 1 aliphatic carbocycles. The van der Waals surface area contributed by atoms with Gasteiger partial charge < -0.3 is 10.2 Å². The number of piperidine rings is 1. The molecule has 1 N–H and O–H groups in total. The molecule has 3 heteroatoms. The van der Waals surface area contributed by atoms with Crippen molar-refractivity contribution >= 4 is 0 Å². The first-order valence-electron chi connectivity index (χ1n) is 8.42. The molecule has 1 heterocycles. The van der Waals surface area contributed by atoms with E-state index in [9.17, 15) is 4.39 Å². The second-order valence-electron chi connectivity index (χ2n) is 6.84. The van der Waals surface area contributed by atoms with E-state index in [4.69, 9.17) is 0 Å². The van der Waals surface area contributed by atoms with E-state index >= 15 is 0 Å². The first kappa shape index (κ1) is 15.0. The molecule has 2 aliphatic rings. The summed E-state index contributed by atoms with van der Waals surface area (Å²) in [5.41, 5.74) is 1.11. The molecule has 1 aromatic rings. The van der Waals surface area contributed by atoms with E-state index in [1.807, 2.05) is 12.1 Å². The van der Waals surface area contributed by atoms with Crippen LogP contribution in [0.3, 0.4) is 0 Å². The summed E-state index contributed by atoms with van der Waals surface area (Å²) in [6.07, 6.45) is 6.30. The summed E-state index contributed by atoms with van der Waals surface area (Å²) in [7, 11) is 0. The molecule has 1 atom stereocenters. The predicted molar refractivity (Wildman–Crippen MR) is 84.9 cm³/mol. The second-order valence-corrected chi connectivity index (χ2v) is 6.84. The van der Waals surface area contributed by atoms with Crippen molar-refractivity contribution in [3.05, 3.63) is 35.6 Å². The molecule has 1 saturated carbocycles. The molecule has 3 rings (SSSR count). The van der Waals surface area contributed by atoms with Gasteiger partial charge in [-0.25, -0.2) is 4.39 Å². The van der Waals surface area contributed by atoms with Crippen LogP contribution in [0, 0.1) is 11.7 Å². The molecule has 0 amide bonds. The summed E-state index contributed by atoms with van der Waals surface area (Å²) in [4.78, 5) is 2.56. The highest BCUT2D eigenvalue weighted by Crippen LogP contribution is 2.28. The van der Waals surface area contributed by atoms with Gasteiger partial charge in [-0.05, 0) is 82.3 Å². The summed E-state index contributed by atoms with van der Waals surface area (Å²) in [5, 5.41) is 3.72. The van der Waals surface area contributed by atoms with Crippen molar-refractivity contribution in [1.29, 1.82) is 0 Å². The van der Waals surface area contributed by atoms with Gasteiger partial charge in [-0.1, -0.05) is 12.1 Å². The Morgan fingerprint density at radius 3 is 2.67 bits per heavy atom. The van der Waals surface area contributed by atoms with E-state index in [0.29, 0.717) is 12.1 Å². The molecule has 1 unspecified atom stereocenters. The van der Waals surface area contributed by atoms with Gasteiger partial charge in [-0.2, -0.15) is 0 Å². The number of halogens is 1. The van der Waals surface area contributed by atoms with Crippen LogP contribution < -0.4 is 5.32 Å². The summed E-state index contributed by atoms with van der Waals surface area (Å²) < 4.78 is 13.2. The van der Waals surface area contributed by atoms with Gasteiger partial charge in [0, 0.05) is 12.1 Å². The van der Waals surface area contributed by atoms with Crippen molar-refractivity contribution in [2.75, 3.05) is 19.6 Å². The topological polar surface area (TPSA) is 15.3 Å². The van der Waals surface area contributed by atoms with Gasteiger partial charge in [0.15, 0.2) is 0 Å². The van der Waals surface area contributed by atoms with Crippen LogP contribution >= 0.6 is 0 Å². The molecule has 21 heavy (non-hydrogen) atoms. The van der Waals surface area contributed by atoms with Gasteiger partial charge >= 0.3 is 0 Å². The maximum absolute atomic E-state index is 13.2. The lowest BCUT2D eigenvalue weighted by atomic mass is 10.00. The number of nitrogens with zero attached hydrogens (tertiary/aromatic N) is 1. The van der Waals surface area contributed by atoms with Gasteiger partial charge in [-0.15, -0.1) is 0 Å². The first-order chi connectivity index (χ1) is 10.2. The molecule has 2 nitrogen and oxygen atoms in total. The minimum absolute atomic E-state index is 0.123. The minimum atomic E-state index is -0.123. The molecule has 1 saturated heterocycles. The number of hydrogen-bond acceptors (Lipinski definition) is 2. The van der Waals surface area contributed by atoms with Crippen LogP contribution in [0.5, 0.6) is 0 Å². The fraction of sp³-hybridized carbons (Fsp3) is 0.667. The number of benzene rings is 1. The predicted octanol–water partition coefficient (Wildman–Crippen LogP) is 3.22. The zero-order chi connectivity index (χ0) is 14.7. The Morgan fingerprint density at radius 2 is 2.00 bits per heavy atom. The van der Waals surface area contributed by atoms with Crippen molar-refractivity contribution in [3.63, 3.8) is 0 Å². The fourth-order valence-corrected chi connectivity index (χ4v) is 3.33. The lowest BCUT2D eigenvalue weighted by Gasteiger charge is -2.36. The standard InChI is InChI=1S/C18H27FN2/c1-14(11-16-3-2-4-17(19)12-16)21-9-7-18(8-10-21)20-13-15-5-6-15/h2-4,12,14-15,18,20H,5-11,13H2,1H3. The summed E-state index contributed by atoms with van der Waals surface area (Å²) in [5.74, 6) is 0.845. The lowest BCUT2D eigenvalue weighted by molar-refractivity contribution is 0.151. The van der Waals surface area contributed by atoms with Crippen LogP contribution in [0.1, 0.15) is 38.2 Å². The Hall–Kier alpha value is -0.930. The van der Waals surface area contributed by atoms with E-state index in [1.165, 1.54) is 51.4 Å². The Bertz CT molecular complexity index is 450. The van der Waals surface area contributed by atoms with E-state index in [1.54, 1.807) is 6.07 Å². The summed E-state index contributed by atoms with van der Waals surface area (Å²) in [6, 6.07) is 8.24. The Morgan fingerprint density at radius 1 is 1.24 bits per heavy atom. The largest absolute Gasteiger partial charge is 0.314 e. The Labute approximate surface area is 127 Å². The molecular formula is C18H27FN2. The second kappa shape index (κ2) is 6.89. The number of rotatable bonds is 6. The van der Waals surface area contributed by atoms with E-state index in [0.717, 1.165) is 17.9 Å². The van der Waals surface area contributed by atoms with Gasteiger partial charge in [0.2, 0.25) is 0 Å². The minimum Gasteiger partial charge on any atom is -0.314 e. The SMILES string of the molecule is CC(Cc1cccc(F)c1)N1CCC(NCC2CC2)CC1. The van der Waals surface area contributed by atoms with E-state index in [-0.39, 0.29) is 5.82 Å². The third kappa shape index (κ3) is 4.52. The monoisotopic (exact) mass is 290 g/mol. The smallest absolute Gasteiger partial charge is 0.123 e. The van der Waals surface area contributed by atoms with Gasteiger partial charge in [0.25, 0.3) is 0 Å². The average molecular weight is 290 g/mol. The van der Waals surface area contributed by atoms with Crippen LogP contribution in [0.2, 0.25) is 0 Å². The molecule has 1 aromatic carbocycles. The zero-order valence-corrected chi connectivity index (χ0v) is 13.0. The number of hydrogen-bond donors (Lipinski definition) is 1. The maximum atomic E-state index is 13.2. The van der Waals surface area contributed by atoms with Crippen LogP contribution in [0.15, 0.2) is 24.3 Å². The molecule has 116 valence electrons. The maximum Gasteiger partial charge on any atom is 0.123 e. The molecule has 0 spiro atoms. The van der Waals surface area contributed by atoms with Crippen LogP contribution in [0.25, 0.3) is 0 Å². The zero-order valence-electron chi connectivity index (χ0n) is 13.0. The molecule has 1 aliphatic heterocycles. The van der Waals surface area contributed by atoms with Crippen molar-refractivity contribution in [2.24, 2.45) is 5.92 Å². The van der Waals surface area contributed by atoms with Crippen molar-refractivity contribution < 1.29 is 4.39 Å². The molecule has 0 aromatic heterocycles. The Kier molecular flexibility index (Phi) is 4.91. The van der Waals surface area contributed by atoms with Gasteiger partial charge in [0.05, 0.1) is 0 Å². The molecular weight excluding hydrogens is 263 g/mol. The normalized spacial score (nSPS) is 22.4. The molecule has 0 bridgehead atoms. The highest BCUT2D eigenvalue weighted by Gasteiger charge is 2.25. The van der Waals surface area contributed by atoms with E-state index < -0.39 is 0 Å². The average Bonchev–Trinajstić information content (AvgIpc) is 3.30. The molecule has 0 radical (unpaired) electrons. The van der Waals surface area contributed by atoms with Crippen molar-refractivity contribution in [1.82, 2.24) is 10.2 Å². The van der Waals surface area contributed by atoms with Crippen LogP contribution in [-0.4, -0.2) is 36.6 Å². The highest BCUT2D eigenvalue weighted by molar-refractivity contribution is 5.17. The molecule has 2 fully saturated rings. The third-order valence-corrected chi connectivity index (χ3v) is 4.97. The van der Waals surface area contributed by atoms with E-state index in [2.05, 4.69) is 17.1 Å². The fourth-order valence-electron chi connectivity index (χ4n) is 3.33. The van der Waals surface area contributed by atoms with Crippen molar-refractivity contribution in [2.45, 2.75) is 51.1 Å². The van der Waals surface area contributed by atoms with Crippen LogP contribution in [0.4, 0.5) is 4.39 Å². The lowest BCUT2D eigenvalue weighted by Crippen LogP contribution is -2.46. The van der Waals surface area contributed by atoms with Crippen LogP contribution in [-0.2, 0) is 6.42 Å². The number of nitrogens with one attached hydrogen (secondary N) is 1. The van der Waals surface area contributed by atoms with Gasteiger partial charge in [0.1, 0.15) is 5.82 Å². The quantitative estimate of drug-likeness (QED) is 0.865. The summed E-state index contributed by atoms with van der Waals surface area (Å²) >= 11 is 0. The number of likely N-dealkylation sites (tertiary alicyclic amines) is 1. The van der Waals surface area contributed by atoms with Crippen molar-refractivity contribution in [3.8, 4) is 0 Å². The van der Waals surface area contributed by atoms with Gasteiger partial charge in [-0.3, -0.25) is 0 Å². The first-order valence-corrected chi connectivity index (χ1v) is 8.42. The summed E-state index contributed by atoms with van der Waals surface area (Å²) in [6.45, 7) is 5.82. The Balaban J connectivity index is 1.42.